The summed E-state index contributed by atoms with van der Waals surface area (Å²) in [4.78, 5) is 35.4. The Labute approximate surface area is 137 Å². The molecule has 0 unspecified atom stereocenters. The van der Waals surface area contributed by atoms with Crippen molar-refractivity contribution in [2.24, 2.45) is 0 Å². The SMILES string of the molecule is O=C(NCCc1ccc(Cl)cc1)NCCN1C(=O)CSC1=O. The van der Waals surface area contributed by atoms with Gasteiger partial charge in [0.15, 0.2) is 0 Å². The Bertz CT molecular complexity index is 549. The van der Waals surface area contributed by atoms with Crippen molar-refractivity contribution >= 4 is 40.5 Å². The number of hydrogen-bond acceptors (Lipinski definition) is 4. The van der Waals surface area contributed by atoms with Crippen LogP contribution in [0.4, 0.5) is 9.59 Å². The molecule has 0 radical (unpaired) electrons. The van der Waals surface area contributed by atoms with E-state index in [0.717, 1.165) is 22.2 Å². The van der Waals surface area contributed by atoms with E-state index in [1.807, 2.05) is 12.1 Å². The van der Waals surface area contributed by atoms with E-state index < -0.39 is 0 Å². The highest BCUT2D eigenvalue weighted by Gasteiger charge is 2.29. The van der Waals surface area contributed by atoms with Crippen molar-refractivity contribution in [2.45, 2.75) is 6.42 Å². The number of amides is 4. The first-order valence-corrected chi connectivity index (χ1v) is 8.16. The summed E-state index contributed by atoms with van der Waals surface area (Å²) in [6, 6.07) is 7.10. The van der Waals surface area contributed by atoms with Gasteiger partial charge < -0.3 is 10.6 Å². The number of imide groups is 1. The van der Waals surface area contributed by atoms with Crippen LogP contribution in [0.25, 0.3) is 0 Å². The third kappa shape index (κ3) is 4.92. The maximum atomic E-state index is 11.6. The normalized spacial score (nSPS) is 14.3. The Kier molecular flexibility index (Phi) is 6.09. The first kappa shape index (κ1) is 16.6. The van der Waals surface area contributed by atoms with E-state index in [-0.39, 0.29) is 36.0 Å². The van der Waals surface area contributed by atoms with E-state index in [9.17, 15) is 14.4 Å². The van der Waals surface area contributed by atoms with Crippen LogP contribution in [0.3, 0.4) is 0 Å². The molecule has 1 aliphatic rings. The van der Waals surface area contributed by atoms with Gasteiger partial charge in [-0.05, 0) is 24.1 Å². The lowest BCUT2D eigenvalue weighted by atomic mass is 10.1. The van der Waals surface area contributed by atoms with Gasteiger partial charge in [0.25, 0.3) is 5.24 Å². The molecule has 118 valence electrons. The minimum atomic E-state index is -0.319. The van der Waals surface area contributed by atoms with Crippen molar-refractivity contribution in [3.05, 3.63) is 34.9 Å². The summed E-state index contributed by atoms with van der Waals surface area (Å²) in [7, 11) is 0. The van der Waals surface area contributed by atoms with E-state index in [1.54, 1.807) is 12.1 Å². The number of urea groups is 1. The van der Waals surface area contributed by atoms with Crippen molar-refractivity contribution in [3.8, 4) is 0 Å². The van der Waals surface area contributed by atoms with Crippen LogP contribution in [0.2, 0.25) is 5.02 Å². The second kappa shape index (κ2) is 8.05. The van der Waals surface area contributed by atoms with E-state index in [0.29, 0.717) is 18.0 Å². The Balaban J connectivity index is 1.61. The number of rotatable bonds is 6. The van der Waals surface area contributed by atoms with Crippen LogP contribution in [0, 0.1) is 0 Å². The largest absolute Gasteiger partial charge is 0.338 e. The van der Waals surface area contributed by atoms with Crippen LogP contribution in [0.1, 0.15) is 5.56 Å². The second-order valence-electron chi connectivity index (χ2n) is 4.66. The van der Waals surface area contributed by atoms with Gasteiger partial charge in [-0.15, -0.1) is 0 Å². The summed E-state index contributed by atoms with van der Waals surface area (Å²) in [5, 5.41) is 5.76. The van der Waals surface area contributed by atoms with E-state index in [1.165, 1.54) is 0 Å². The highest BCUT2D eigenvalue weighted by Crippen LogP contribution is 2.17. The molecule has 0 saturated carbocycles. The minimum absolute atomic E-state index is 0.187. The summed E-state index contributed by atoms with van der Waals surface area (Å²) >= 11 is 6.78. The van der Waals surface area contributed by atoms with E-state index >= 15 is 0 Å². The second-order valence-corrected chi connectivity index (χ2v) is 6.02. The summed E-state index contributed by atoms with van der Waals surface area (Å²) in [5.41, 5.74) is 1.08. The summed E-state index contributed by atoms with van der Waals surface area (Å²) < 4.78 is 0. The van der Waals surface area contributed by atoms with Crippen LogP contribution in [0.5, 0.6) is 0 Å². The van der Waals surface area contributed by atoms with E-state index in [2.05, 4.69) is 10.6 Å². The van der Waals surface area contributed by atoms with Gasteiger partial charge >= 0.3 is 6.03 Å². The van der Waals surface area contributed by atoms with Gasteiger partial charge in [0.05, 0.1) is 5.75 Å². The Morgan fingerprint density at radius 1 is 1.18 bits per heavy atom. The van der Waals surface area contributed by atoms with Crippen molar-refractivity contribution in [3.63, 3.8) is 0 Å². The molecule has 1 aromatic rings. The Morgan fingerprint density at radius 2 is 1.86 bits per heavy atom. The standard InChI is InChI=1S/C14H16ClN3O3S/c15-11-3-1-10(2-4-11)5-6-16-13(20)17-7-8-18-12(19)9-22-14(18)21/h1-4H,5-9H2,(H2,16,17,20). The van der Waals surface area contributed by atoms with Crippen molar-refractivity contribution in [1.29, 1.82) is 0 Å². The fourth-order valence-electron chi connectivity index (χ4n) is 1.91. The first-order chi connectivity index (χ1) is 10.6. The lowest BCUT2D eigenvalue weighted by molar-refractivity contribution is -0.124. The topological polar surface area (TPSA) is 78.5 Å². The zero-order valence-electron chi connectivity index (χ0n) is 11.8. The number of hydrogen-bond donors (Lipinski definition) is 2. The molecule has 1 heterocycles. The third-order valence-electron chi connectivity index (χ3n) is 3.07. The van der Waals surface area contributed by atoms with Gasteiger partial charge in [-0.2, -0.15) is 0 Å². The summed E-state index contributed by atoms with van der Waals surface area (Å²) in [5.74, 6) is -0.0218. The predicted molar refractivity (Wildman–Crippen MR) is 86.1 cm³/mol. The lowest BCUT2D eigenvalue weighted by Gasteiger charge is -2.13. The molecule has 1 fully saturated rings. The van der Waals surface area contributed by atoms with Crippen LogP contribution >= 0.6 is 23.4 Å². The van der Waals surface area contributed by atoms with Gasteiger partial charge in [-0.25, -0.2) is 4.79 Å². The van der Waals surface area contributed by atoms with Crippen molar-refractivity contribution in [1.82, 2.24) is 15.5 Å². The van der Waals surface area contributed by atoms with Crippen LogP contribution in [-0.4, -0.2) is 47.5 Å². The summed E-state index contributed by atoms with van der Waals surface area (Å²) in [6.07, 6.45) is 0.699. The molecule has 0 aromatic heterocycles. The average Bonchev–Trinajstić information content (AvgIpc) is 2.81. The molecule has 1 aromatic carbocycles. The average molecular weight is 342 g/mol. The molecule has 4 amide bonds. The number of nitrogens with one attached hydrogen (secondary N) is 2. The molecule has 0 aliphatic carbocycles. The van der Waals surface area contributed by atoms with Crippen LogP contribution < -0.4 is 10.6 Å². The van der Waals surface area contributed by atoms with Gasteiger partial charge in [-0.3, -0.25) is 14.5 Å². The molecule has 0 spiro atoms. The monoisotopic (exact) mass is 341 g/mol. The highest BCUT2D eigenvalue weighted by molar-refractivity contribution is 8.14. The molecular formula is C14H16ClN3O3S. The zero-order valence-corrected chi connectivity index (χ0v) is 13.4. The van der Waals surface area contributed by atoms with Crippen LogP contribution in [0.15, 0.2) is 24.3 Å². The molecule has 1 aliphatic heterocycles. The molecule has 0 atom stereocenters. The molecule has 2 rings (SSSR count). The minimum Gasteiger partial charge on any atom is -0.338 e. The maximum absolute atomic E-state index is 11.6. The van der Waals surface area contributed by atoms with Gasteiger partial charge in [0.1, 0.15) is 0 Å². The number of carbonyl (C=O) groups is 3. The number of nitrogens with zero attached hydrogens (tertiary/aromatic N) is 1. The number of carbonyl (C=O) groups excluding carboxylic acids is 3. The third-order valence-corrected chi connectivity index (χ3v) is 4.18. The molecule has 22 heavy (non-hydrogen) atoms. The first-order valence-electron chi connectivity index (χ1n) is 6.79. The van der Waals surface area contributed by atoms with Gasteiger partial charge in [-0.1, -0.05) is 35.5 Å². The van der Waals surface area contributed by atoms with Gasteiger partial charge in [0.2, 0.25) is 5.91 Å². The lowest BCUT2D eigenvalue weighted by Crippen LogP contribution is -2.42. The van der Waals surface area contributed by atoms with Crippen LogP contribution in [-0.2, 0) is 11.2 Å². The quantitative estimate of drug-likeness (QED) is 0.828. The van der Waals surface area contributed by atoms with E-state index in [4.69, 9.17) is 11.6 Å². The number of halogens is 1. The zero-order chi connectivity index (χ0) is 15.9. The molecule has 8 heteroatoms. The van der Waals surface area contributed by atoms with Crippen molar-refractivity contribution in [2.75, 3.05) is 25.4 Å². The fraction of sp³-hybridized carbons (Fsp3) is 0.357. The number of benzene rings is 1. The highest BCUT2D eigenvalue weighted by atomic mass is 35.5. The van der Waals surface area contributed by atoms with Gasteiger partial charge in [0, 0.05) is 24.7 Å². The fourth-order valence-corrected chi connectivity index (χ4v) is 2.79. The Hall–Kier alpha value is -1.73. The molecule has 6 nitrogen and oxygen atoms in total. The molecule has 0 bridgehead atoms. The number of thioether (sulfide) groups is 1. The molecular weight excluding hydrogens is 326 g/mol. The van der Waals surface area contributed by atoms with Crippen molar-refractivity contribution < 1.29 is 14.4 Å². The Morgan fingerprint density at radius 3 is 2.50 bits per heavy atom. The molecule has 1 saturated heterocycles. The molecule has 2 N–H and O–H groups in total. The smallest absolute Gasteiger partial charge is 0.314 e. The predicted octanol–water partition coefficient (Wildman–Crippen LogP) is 1.88. The maximum Gasteiger partial charge on any atom is 0.314 e. The summed E-state index contributed by atoms with van der Waals surface area (Å²) in [6.45, 7) is 0.935.